The minimum Gasteiger partial charge on any atom is -0.861 e. The summed E-state index contributed by atoms with van der Waals surface area (Å²) < 4.78 is 0. The first-order chi connectivity index (χ1) is 9.36. The van der Waals surface area contributed by atoms with Gasteiger partial charge in [-0.1, -0.05) is 40.5 Å². The van der Waals surface area contributed by atoms with Gasteiger partial charge in [-0.25, -0.2) is 0 Å². The SMILES string of the molecule is CCCC(N)(NCC)[Si][O-].CCCC(N)(NCC)[Si][O-].[K+].[K+]. The van der Waals surface area contributed by atoms with Crippen LogP contribution in [0.3, 0.4) is 0 Å². The molecule has 10 heteroatoms. The Morgan fingerprint density at radius 1 is 0.773 bits per heavy atom. The van der Waals surface area contributed by atoms with Gasteiger partial charge in [-0.15, -0.1) is 0 Å². The Hall–Kier alpha value is 3.47. The Bertz CT molecular complexity index is 199. The third kappa shape index (κ3) is 18.3. The van der Waals surface area contributed by atoms with E-state index in [1.807, 2.05) is 27.7 Å². The molecule has 0 fully saturated rings. The average molecular weight is 397 g/mol. The number of rotatable bonds is 10. The molecule has 0 heterocycles. The van der Waals surface area contributed by atoms with Crippen LogP contribution < -0.4 is 134 Å². The molecule has 0 amide bonds. The van der Waals surface area contributed by atoms with Crippen LogP contribution in [0.2, 0.25) is 0 Å². The second-order valence-electron chi connectivity index (χ2n) is 4.71. The van der Waals surface area contributed by atoms with Crippen molar-refractivity contribution in [2.75, 3.05) is 13.1 Å². The minimum atomic E-state index is -0.635. The van der Waals surface area contributed by atoms with E-state index in [-0.39, 0.29) is 103 Å². The van der Waals surface area contributed by atoms with Crippen molar-refractivity contribution in [2.24, 2.45) is 11.5 Å². The van der Waals surface area contributed by atoms with Crippen molar-refractivity contribution in [3.63, 3.8) is 0 Å². The van der Waals surface area contributed by atoms with E-state index in [1.54, 1.807) is 0 Å². The molecule has 2 atom stereocenters. The monoisotopic (exact) mass is 396 g/mol. The van der Waals surface area contributed by atoms with Crippen LogP contribution in [0.4, 0.5) is 0 Å². The molecule has 0 aromatic heterocycles. The predicted molar refractivity (Wildman–Crippen MR) is 82.5 cm³/mol. The molecule has 120 valence electrons. The first kappa shape index (κ1) is 33.1. The molecular weight excluding hydrogens is 367 g/mol. The van der Waals surface area contributed by atoms with Gasteiger partial charge in [0.05, 0.1) is 0 Å². The average Bonchev–Trinajstić information content (AvgIpc) is 2.41. The first-order valence-corrected chi connectivity index (χ1v) is 9.04. The molecule has 0 saturated carbocycles. The maximum absolute atomic E-state index is 10.6. The van der Waals surface area contributed by atoms with E-state index in [0.717, 1.165) is 38.8 Å². The fourth-order valence-corrected chi connectivity index (χ4v) is 2.97. The summed E-state index contributed by atoms with van der Waals surface area (Å²) in [7, 11) is -0.936. The molecule has 0 saturated heterocycles. The standard InChI is InChI=1S/2C6H15N2OSi.2K/c2*1-3-5-6(7,10-9)8-4-2;;/h2*8H,3-5,7H2,1-2H3;;/q2*-1;2*+1. The molecule has 6 nitrogen and oxygen atoms in total. The van der Waals surface area contributed by atoms with Gasteiger partial charge >= 0.3 is 103 Å². The molecule has 0 aromatic carbocycles. The van der Waals surface area contributed by atoms with Crippen molar-refractivity contribution in [1.82, 2.24) is 10.6 Å². The molecule has 0 aromatic rings. The summed E-state index contributed by atoms with van der Waals surface area (Å²) in [5, 5.41) is 4.70. The van der Waals surface area contributed by atoms with Crippen LogP contribution in [0.5, 0.6) is 0 Å². The molecule has 4 radical (unpaired) electrons. The van der Waals surface area contributed by atoms with Crippen molar-refractivity contribution < 1.29 is 112 Å². The van der Waals surface area contributed by atoms with Crippen molar-refractivity contribution in [3.05, 3.63) is 0 Å². The molecule has 0 rings (SSSR count). The smallest absolute Gasteiger partial charge is 0.861 e. The first-order valence-electron chi connectivity index (χ1n) is 7.23. The molecule has 0 aliphatic heterocycles. The Kier molecular flexibility index (Phi) is 31.2. The van der Waals surface area contributed by atoms with E-state index in [2.05, 4.69) is 10.6 Å². The Morgan fingerprint density at radius 3 is 1.18 bits per heavy atom. The minimum absolute atomic E-state index is 0. The third-order valence-corrected chi connectivity index (χ3v) is 4.22. The molecule has 0 bridgehead atoms. The summed E-state index contributed by atoms with van der Waals surface area (Å²) >= 11 is 0. The van der Waals surface area contributed by atoms with Crippen LogP contribution in [0.25, 0.3) is 0 Å². The second-order valence-corrected chi connectivity index (χ2v) is 6.90. The van der Waals surface area contributed by atoms with E-state index >= 15 is 0 Å². The Morgan fingerprint density at radius 2 is 1.05 bits per heavy atom. The maximum Gasteiger partial charge on any atom is 1.00 e. The van der Waals surface area contributed by atoms with Crippen LogP contribution in [-0.4, -0.2) is 43.2 Å². The molecule has 0 spiro atoms. The van der Waals surface area contributed by atoms with Gasteiger partial charge < -0.3 is 31.7 Å². The van der Waals surface area contributed by atoms with Crippen molar-refractivity contribution in [2.45, 2.75) is 64.0 Å². The number of nitrogens with one attached hydrogen (secondary N) is 2. The van der Waals surface area contributed by atoms with Crippen molar-refractivity contribution >= 4 is 19.5 Å². The van der Waals surface area contributed by atoms with Gasteiger partial charge in [-0.3, -0.25) is 0 Å². The largest absolute Gasteiger partial charge is 1.00 e. The van der Waals surface area contributed by atoms with Crippen LogP contribution in [-0.2, 0) is 0 Å². The molecule has 6 N–H and O–H groups in total. The molecule has 0 aliphatic carbocycles. The van der Waals surface area contributed by atoms with E-state index in [4.69, 9.17) is 11.5 Å². The topological polar surface area (TPSA) is 122 Å². The number of hydrogen-bond donors (Lipinski definition) is 4. The Balaban J connectivity index is -0.000000135. The van der Waals surface area contributed by atoms with Gasteiger partial charge in [0.25, 0.3) is 0 Å². The van der Waals surface area contributed by atoms with Crippen LogP contribution in [0.1, 0.15) is 53.4 Å². The molecule has 22 heavy (non-hydrogen) atoms. The van der Waals surface area contributed by atoms with Gasteiger partial charge in [-0.05, 0) is 45.5 Å². The van der Waals surface area contributed by atoms with Crippen LogP contribution in [0, 0.1) is 0 Å². The molecule has 0 aliphatic rings. The predicted octanol–water partition coefficient (Wildman–Crippen LogP) is -8.02. The van der Waals surface area contributed by atoms with Crippen molar-refractivity contribution in [1.29, 1.82) is 0 Å². The zero-order chi connectivity index (χ0) is 16.1. The van der Waals surface area contributed by atoms with E-state index in [9.17, 15) is 9.59 Å². The third-order valence-electron chi connectivity index (χ3n) is 2.64. The van der Waals surface area contributed by atoms with E-state index in [0.29, 0.717) is 0 Å². The summed E-state index contributed by atoms with van der Waals surface area (Å²) in [6, 6.07) is 0. The quantitative estimate of drug-likeness (QED) is 0.215. The van der Waals surface area contributed by atoms with Crippen LogP contribution in [0.15, 0.2) is 0 Å². The fourth-order valence-electron chi connectivity index (χ4n) is 1.77. The summed E-state index contributed by atoms with van der Waals surface area (Å²) in [4.78, 5) is 21.1. The maximum atomic E-state index is 10.6. The van der Waals surface area contributed by atoms with Crippen LogP contribution >= 0.6 is 0 Å². The fraction of sp³-hybridized carbons (Fsp3) is 1.00. The van der Waals surface area contributed by atoms with Gasteiger partial charge in [-0.2, -0.15) is 0 Å². The molecular formula is C12H30K2N4O2Si2. The van der Waals surface area contributed by atoms with Gasteiger partial charge in [0.1, 0.15) is 0 Å². The summed E-state index contributed by atoms with van der Waals surface area (Å²) in [6.07, 6.45) is 3.45. The van der Waals surface area contributed by atoms with Crippen molar-refractivity contribution in [3.8, 4) is 0 Å². The number of nitrogens with two attached hydrogens (primary N) is 2. The zero-order valence-electron chi connectivity index (χ0n) is 15.2. The van der Waals surface area contributed by atoms with E-state index in [1.165, 1.54) is 0 Å². The second kappa shape index (κ2) is 20.8. The normalized spacial score (nSPS) is 15.3. The Labute approximate surface area is 226 Å². The summed E-state index contributed by atoms with van der Waals surface area (Å²) in [5.41, 5.74) is 11.4. The molecule has 2 unspecified atom stereocenters. The summed E-state index contributed by atoms with van der Waals surface area (Å²) in [6.45, 7) is 9.50. The van der Waals surface area contributed by atoms with Gasteiger partial charge in [0.2, 0.25) is 0 Å². The van der Waals surface area contributed by atoms with Gasteiger partial charge in [0, 0.05) is 10.6 Å². The van der Waals surface area contributed by atoms with E-state index < -0.39 is 30.1 Å². The zero-order valence-corrected chi connectivity index (χ0v) is 23.5. The summed E-state index contributed by atoms with van der Waals surface area (Å²) in [5.74, 6) is 0. The number of hydrogen-bond acceptors (Lipinski definition) is 6. The van der Waals surface area contributed by atoms with Gasteiger partial charge in [0.15, 0.2) is 0 Å².